The molecule has 4 heteroatoms. The Morgan fingerprint density at radius 3 is 2.50 bits per heavy atom. The third-order valence-corrected chi connectivity index (χ3v) is 3.01. The SMILES string of the molecule is Cc1cccc(CNC2(C(F)(F)F)CC2)c1. The molecule has 0 bridgehead atoms. The van der Waals surface area contributed by atoms with E-state index in [1.807, 2.05) is 31.2 Å². The van der Waals surface area contributed by atoms with Gasteiger partial charge in [0.25, 0.3) is 0 Å². The summed E-state index contributed by atoms with van der Waals surface area (Å²) >= 11 is 0. The minimum atomic E-state index is -4.13. The normalized spacial score (nSPS) is 18.5. The van der Waals surface area contributed by atoms with E-state index in [9.17, 15) is 13.2 Å². The zero-order valence-electron chi connectivity index (χ0n) is 9.06. The molecule has 0 amide bonds. The van der Waals surface area contributed by atoms with E-state index in [2.05, 4.69) is 5.32 Å². The lowest BCUT2D eigenvalue weighted by Gasteiger charge is -2.20. The molecule has 16 heavy (non-hydrogen) atoms. The molecule has 88 valence electrons. The zero-order valence-corrected chi connectivity index (χ0v) is 9.06. The third kappa shape index (κ3) is 2.21. The van der Waals surface area contributed by atoms with Crippen LogP contribution in [0.3, 0.4) is 0 Å². The van der Waals surface area contributed by atoms with Gasteiger partial charge in [-0.15, -0.1) is 0 Å². The van der Waals surface area contributed by atoms with Crippen molar-refractivity contribution in [1.82, 2.24) is 5.32 Å². The van der Waals surface area contributed by atoms with Crippen molar-refractivity contribution in [2.24, 2.45) is 0 Å². The lowest BCUT2D eigenvalue weighted by molar-refractivity contribution is -0.166. The molecule has 1 aliphatic rings. The Kier molecular flexibility index (Phi) is 2.70. The van der Waals surface area contributed by atoms with E-state index < -0.39 is 11.7 Å². The van der Waals surface area contributed by atoms with Crippen LogP contribution in [0.2, 0.25) is 0 Å². The molecule has 1 nitrogen and oxygen atoms in total. The first-order chi connectivity index (χ1) is 7.43. The summed E-state index contributed by atoms with van der Waals surface area (Å²) in [4.78, 5) is 0. The Morgan fingerprint density at radius 1 is 1.31 bits per heavy atom. The van der Waals surface area contributed by atoms with E-state index in [-0.39, 0.29) is 19.4 Å². The Morgan fingerprint density at radius 2 is 2.00 bits per heavy atom. The fourth-order valence-electron chi connectivity index (χ4n) is 1.78. The van der Waals surface area contributed by atoms with Crippen molar-refractivity contribution in [2.75, 3.05) is 0 Å². The minimum absolute atomic E-state index is 0.197. The van der Waals surface area contributed by atoms with Gasteiger partial charge < -0.3 is 0 Å². The number of benzene rings is 1. The van der Waals surface area contributed by atoms with Gasteiger partial charge in [0.15, 0.2) is 0 Å². The van der Waals surface area contributed by atoms with Crippen LogP contribution in [0.1, 0.15) is 24.0 Å². The number of halogens is 3. The van der Waals surface area contributed by atoms with Gasteiger partial charge >= 0.3 is 6.18 Å². The van der Waals surface area contributed by atoms with Crippen LogP contribution < -0.4 is 5.32 Å². The maximum Gasteiger partial charge on any atom is 0.406 e. The van der Waals surface area contributed by atoms with Gasteiger partial charge in [0.1, 0.15) is 5.54 Å². The zero-order chi connectivity index (χ0) is 11.8. The van der Waals surface area contributed by atoms with Gasteiger partial charge in [-0.3, -0.25) is 5.32 Å². The molecule has 0 atom stereocenters. The summed E-state index contributed by atoms with van der Waals surface area (Å²) in [7, 11) is 0. The summed E-state index contributed by atoms with van der Waals surface area (Å²) in [6.45, 7) is 2.21. The second-order valence-corrected chi connectivity index (χ2v) is 4.42. The van der Waals surface area contributed by atoms with Crippen LogP contribution in [-0.2, 0) is 6.54 Å². The number of aryl methyl sites for hydroxylation is 1. The van der Waals surface area contributed by atoms with Crippen LogP contribution in [-0.4, -0.2) is 11.7 Å². The maximum absolute atomic E-state index is 12.6. The number of alkyl halides is 3. The highest BCUT2D eigenvalue weighted by Gasteiger charge is 2.62. The largest absolute Gasteiger partial charge is 0.406 e. The quantitative estimate of drug-likeness (QED) is 0.839. The van der Waals surface area contributed by atoms with Crippen molar-refractivity contribution in [3.63, 3.8) is 0 Å². The predicted octanol–water partition coefficient (Wildman–Crippen LogP) is 3.18. The van der Waals surface area contributed by atoms with Gasteiger partial charge in [-0.1, -0.05) is 29.8 Å². The van der Waals surface area contributed by atoms with Gasteiger partial charge in [0, 0.05) is 6.54 Å². The van der Waals surface area contributed by atoms with Crippen molar-refractivity contribution in [1.29, 1.82) is 0 Å². The number of hydrogen-bond donors (Lipinski definition) is 1. The van der Waals surface area contributed by atoms with Crippen molar-refractivity contribution < 1.29 is 13.2 Å². The number of hydrogen-bond acceptors (Lipinski definition) is 1. The van der Waals surface area contributed by atoms with Crippen LogP contribution in [0, 0.1) is 6.92 Å². The molecular weight excluding hydrogens is 215 g/mol. The van der Waals surface area contributed by atoms with E-state index in [4.69, 9.17) is 0 Å². The van der Waals surface area contributed by atoms with E-state index in [0.29, 0.717) is 0 Å². The Balaban J connectivity index is 1.98. The second-order valence-electron chi connectivity index (χ2n) is 4.42. The molecule has 0 unspecified atom stereocenters. The molecule has 1 aromatic carbocycles. The van der Waals surface area contributed by atoms with Crippen LogP contribution in [0.4, 0.5) is 13.2 Å². The molecule has 2 rings (SSSR count). The lowest BCUT2D eigenvalue weighted by atomic mass is 10.1. The molecule has 1 aromatic rings. The van der Waals surface area contributed by atoms with Gasteiger partial charge in [0.05, 0.1) is 0 Å². The van der Waals surface area contributed by atoms with Gasteiger partial charge in [-0.25, -0.2) is 0 Å². The highest BCUT2D eigenvalue weighted by atomic mass is 19.4. The van der Waals surface area contributed by atoms with E-state index >= 15 is 0 Å². The first-order valence-corrected chi connectivity index (χ1v) is 5.30. The van der Waals surface area contributed by atoms with Gasteiger partial charge in [0.2, 0.25) is 0 Å². The Labute approximate surface area is 92.7 Å². The molecule has 0 aliphatic heterocycles. The number of nitrogens with one attached hydrogen (secondary N) is 1. The molecule has 0 aromatic heterocycles. The van der Waals surface area contributed by atoms with Gasteiger partial charge in [-0.2, -0.15) is 13.2 Å². The fraction of sp³-hybridized carbons (Fsp3) is 0.500. The molecule has 1 fully saturated rings. The van der Waals surface area contributed by atoms with Crippen LogP contribution in [0.25, 0.3) is 0 Å². The molecular formula is C12H14F3N. The first kappa shape index (κ1) is 11.5. The van der Waals surface area contributed by atoms with Crippen molar-refractivity contribution in [2.45, 2.75) is 38.0 Å². The van der Waals surface area contributed by atoms with Gasteiger partial charge in [-0.05, 0) is 25.3 Å². The van der Waals surface area contributed by atoms with Crippen LogP contribution >= 0.6 is 0 Å². The summed E-state index contributed by atoms with van der Waals surface area (Å²) in [6, 6.07) is 7.53. The second kappa shape index (κ2) is 3.77. The van der Waals surface area contributed by atoms with Crippen molar-refractivity contribution in [3.8, 4) is 0 Å². The summed E-state index contributed by atoms with van der Waals surface area (Å²) in [6.07, 6.45) is -3.73. The molecule has 1 saturated carbocycles. The van der Waals surface area contributed by atoms with E-state index in [0.717, 1.165) is 11.1 Å². The average Bonchev–Trinajstić information content (AvgIpc) is 2.94. The summed E-state index contributed by atoms with van der Waals surface area (Å²) < 4.78 is 37.8. The summed E-state index contributed by atoms with van der Waals surface area (Å²) in [5.41, 5.74) is 0.350. The van der Waals surface area contributed by atoms with Crippen molar-refractivity contribution >= 4 is 0 Å². The highest BCUT2D eigenvalue weighted by molar-refractivity contribution is 5.23. The van der Waals surface area contributed by atoms with Crippen LogP contribution in [0.5, 0.6) is 0 Å². The highest BCUT2D eigenvalue weighted by Crippen LogP contribution is 2.49. The monoisotopic (exact) mass is 229 g/mol. The molecule has 1 N–H and O–H groups in total. The van der Waals surface area contributed by atoms with Crippen LogP contribution in [0.15, 0.2) is 24.3 Å². The Bertz CT molecular complexity index is 380. The average molecular weight is 229 g/mol. The minimum Gasteiger partial charge on any atom is -0.299 e. The Hall–Kier alpha value is -1.03. The lowest BCUT2D eigenvalue weighted by Crippen LogP contribution is -2.44. The molecule has 0 spiro atoms. The molecule has 0 saturated heterocycles. The van der Waals surface area contributed by atoms with E-state index in [1.165, 1.54) is 0 Å². The summed E-state index contributed by atoms with van der Waals surface area (Å²) in [5.74, 6) is 0. The van der Waals surface area contributed by atoms with Crippen molar-refractivity contribution in [3.05, 3.63) is 35.4 Å². The molecule has 1 aliphatic carbocycles. The standard InChI is InChI=1S/C12H14F3N/c1-9-3-2-4-10(7-9)8-16-11(5-6-11)12(13,14)15/h2-4,7,16H,5-6,8H2,1H3. The predicted molar refractivity (Wildman–Crippen MR) is 56.0 cm³/mol. The number of rotatable bonds is 3. The molecule has 0 radical (unpaired) electrons. The van der Waals surface area contributed by atoms with E-state index in [1.54, 1.807) is 0 Å². The smallest absolute Gasteiger partial charge is 0.299 e. The maximum atomic E-state index is 12.6. The fourth-order valence-corrected chi connectivity index (χ4v) is 1.78. The summed E-state index contributed by atoms with van der Waals surface area (Å²) in [5, 5.41) is 2.63. The third-order valence-electron chi connectivity index (χ3n) is 3.01. The molecule has 0 heterocycles. The topological polar surface area (TPSA) is 12.0 Å². The first-order valence-electron chi connectivity index (χ1n) is 5.30.